The van der Waals surface area contributed by atoms with E-state index in [-0.39, 0.29) is 0 Å². The second-order valence-corrected chi connectivity index (χ2v) is 7.85. The average molecular weight is 416 g/mol. The molecule has 0 saturated carbocycles. The SMILES string of the molecule is CCOC(=O)C(C)(C)Oc1ccc(OCCc2nc(-c3cccs3)oc2C)cc1. The van der Waals surface area contributed by atoms with E-state index in [0.717, 1.165) is 16.3 Å². The van der Waals surface area contributed by atoms with Crippen LogP contribution in [0.1, 0.15) is 32.2 Å². The molecule has 1 aromatic carbocycles. The molecular formula is C22H25NO5S. The monoisotopic (exact) mass is 415 g/mol. The van der Waals surface area contributed by atoms with Crippen LogP contribution in [0, 0.1) is 6.92 Å². The van der Waals surface area contributed by atoms with Gasteiger partial charge >= 0.3 is 5.97 Å². The molecule has 0 saturated heterocycles. The lowest BCUT2D eigenvalue weighted by molar-refractivity contribution is -0.158. The number of hydrogen-bond acceptors (Lipinski definition) is 7. The summed E-state index contributed by atoms with van der Waals surface area (Å²) >= 11 is 1.60. The number of aromatic nitrogens is 1. The van der Waals surface area contributed by atoms with Crippen LogP contribution in [0.2, 0.25) is 0 Å². The Bertz CT molecular complexity index is 929. The zero-order chi connectivity index (χ0) is 20.9. The van der Waals surface area contributed by atoms with Gasteiger partial charge in [0.1, 0.15) is 17.3 Å². The number of benzene rings is 1. The van der Waals surface area contributed by atoms with E-state index in [0.29, 0.717) is 37.0 Å². The topological polar surface area (TPSA) is 70.8 Å². The Morgan fingerprint density at radius 1 is 1.17 bits per heavy atom. The summed E-state index contributed by atoms with van der Waals surface area (Å²) in [6, 6.07) is 11.1. The van der Waals surface area contributed by atoms with Gasteiger partial charge in [0, 0.05) is 6.42 Å². The molecule has 0 unspecified atom stereocenters. The minimum absolute atomic E-state index is 0.318. The number of thiophene rings is 1. The molecule has 0 fully saturated rings. The summed E-state index contributed by atoms with van der Waals surface area (Å²) in [6.07, 6.45) is 0.648. The van der Waals surface area contributed by atoms with Crippen LogP contribution >= 0.6 is 11.3 Å². The predicted molar refractivity (Wildman–Crippen MR) is 112 cm³/mol. The van der Waals surface area contributed by atoms with Crippen LogP contribution in [0.4, 0.5) is 0 Å². The number of rotatable bonds is 9. The minimum atomic E-state index is -1.05. The van der Waals surface area contributed by atoms with Crippen molar-refractivity contribution < 1.29 is 23.4 Å². The number of ether oxygens (including phenoxy) is 3. The van der Waals surface area contributed by atoms with Crippen molar-refractivity contribution in [1.82, 2.24) is 4.98 Å². The maximum atomic E-state index is 11.9. The van der Waals surface area contributed by atoms with Gasteiger partial charge in [-0.25, -0.2) is 9.78 Å². The smallest absolute Gasteiger partial charge is 0.349 e. The van der Waals surface area contributed by atoms with Crippen molar-refractivity contribution in [2.75, 3.05) is 13.2 Å². The Kier molecular flexibility index (Phi) is 6.59. The summed E-state index contributed by atoms with van der Waals surface area (Å²) in [5.41, 5.74) is -0.159. The zero-order valence-electron chi connectivity index (χ0n) is 17.1. The molecular weight excluding hydrogens is 390 g/mol. The molecule has 0 spiro atoms. The molecule has 0 atom stereocenters. The third kappa shape index (κ3) is 5.38. The lowest BCUT2D eigenvalue weighted by atomic mass is 10.1. The van der Waals surface area contributed by atoms with Crippen LogP contribution in [-0.4, -0.2) is 29.8 Å². The highest BCUT2D eigenvalue weighted by molar-refractivity contribution is 7.13. The van der Waals surface area contributed by atoms with Crippen LogP contribution in [0.5, 0.6) is 11.5 Å². The fourth-order valence-corrected chi connectivity index (χ4v) is 3.33. The van der Waals surface area contributed by atoms with Crippen molar-refractivity contribution in [2.45, 2.75) is 39.7 Å². The van der Waals surface area contributed by atoms with Gasteiger partial charge in [-0.3, -0.25) is 0 Å². The first-order valence-electron chi connectivity index (χ1n) is 9.48. The third-order valence-corrected chi connectivity index (χ3v) is 5.05. The average Bonchev–Trinajstić information content (AvgIpc) is 3.33. The molecule has 6 nitrogen and oxygen atoms in total. The molecule has 0 aliphatic carbocycles. The van der Waals surface area contributed by atoms with Crippen LogP contribution < -0.4 is 9.47 Å². The van der Waals surface area contributed by atoms with Crippen molar-refractivity contribution in [2.24, 2.45) is 0 Å². The van der Waals surface area contributed by atoms with E-state index < -0.39 is 11.6 Å². The Morgan fingerprint density at radius 2 is 1.90 bits per heavy atom. The highest BCUT2D eigenvalue weighted by atomic mass is 32.1. The zero-order valence-corrected chi connectivity index (χ0v) is 17.9. The molecule has 154 valence electrons. The molecule has 0 aliphatic rings. The van der Waals surface area contributed by atoms with Gasteiger partial charge in [0.15, 0.2) is 5.60 Å². The molecule has 0 amide bonds. The summed E-state index contributed by atoms with van der Waals surface area (Å²) < 4.78 is 22.3. The summed E-state index contributed by atoms with van der Waals surface area (Å²) in [5.74, 6) is 2.35. The maximum absolute atomic E-state index is 11.9. The lowest BCUT2D eigenvalue weighted by Gasteiger charge is -2.24. The Labute approximate surface area is 174 Å². The first kappa shape index (κ1) is 20.9. The normalized spacial score (nSPS) is 11.3. The molecule has 0 aliphatic heterocycles. The van der Waals surface area contributed by atoms with Gasteiger partial charge < -0.3 is 18.6 Å². The van der Waals surface area contributed by atoms with Gasteiger partial charge in [-0.2, -0.15) is 0 Å². The van der Waals surface area contributed by atoms with E-state index in [1.54, 1.807) is 44.2 Å². The number of nitrogens with zero attached hydrogens (tertiary/aromatic N) is 1. The molecule has 2 heterocycles. The fraction of sp³-hybridized carbons (Fsp3) is 0.364. The Hall–Kier alpha value is -2.80. The van der Waals surface area contributed by atoms with Crippen LogP contribution in [-0.2, 0) is 16.0 Å². The van der Waals surface area contributed by atoms with Gasteiger partial charge in [0.2, 0.25) is 5.89 Å². The van der Waals surface area contributed by atoms with Gasteiger partial charge in [0.05, 0.1) is 23.8 Å². The second kappa shape index (κ2) is 9.13. The first-order valence-corrected chi connectivity index (χ1v) is 10.4. The van der Waals surface area contributed by atoms with E-state index in [1.807, 2.05) is 36.6 Å². The van der Waals surface area contributed by atoms with Crippen molar-refractivity contribution in [3.05, 3.63) is 53.2 Å². The van der Waals surface area contributed by atoms with Crippen molar-refractivity contribution in [3.63, 3.8) is 0 Å². The van der Waals surface area contributed by atoms with Gasteiger partial charge in [-0.1, -0.05) is 6.07 Å². The fourth-order valence-electron chi connectivity index (χ4n) is 2.68. The maximum Gasteiger partial charge on any atom is 0.349 e. The van der Waals surface area contributed by atoms with E-state index in [9.17, 15) is 4.79 Å². The van der Waals surface area contributed by atoms with Crippen molar-refractivity contribution in [1.29, 1.82) is 0 Å². The number of carbonyl (C=O) groups excluding carboxylic acids is 1. The quantitative estimate of drug-likeness (QED) is 0.455. The minimum Gasteiger partial charge on any atom is -0.493 e. The summed E-state index contributed by atoms with van der Waals surface area (Å²) in [7, 11) is 0. The Balaban J connectivity index is 1.53. The molecule has 3 rings (SSSR count). The largest absolute Gasteiger partial charge is 0.493 e. The molecule has 29 heavy (non-hydrogen) atoms. The standard InChI is InChI=1S/C22H25NO5S/c1-5-25-21(24)22(3,4)28-17-10-8-16(9-11-17)26-13-12-18-15(2)27-20(23-18)19-7-6-14-29-19/h6-11,14H,5,12-13H2,1-4H3. The van der Waals surface area contributed by atoms with Crippen LogP contribution in [0.15, 0.2) is 46.2 Å². The van der Waals surface area contributed by atoms with E-state index in [4.69, 9.17) is 18.6 Å². The molecule has 0 bridgehead atoms. The predicted octanol–water partition coefficient (Wildman–Crippen LogP) is 5.05. The third-order valence-electron chi connectivity index (χ3n) is 4.20. The first-order chi connectivity index (χ1) is 13.9. The van der Waals surface area contributed by atoms with E-state index in [1.165, 1.54) is 0 Å². The van der Waals surface area contributed by atoms with Gasteiger partial charge in [-0.05, 0) is 63.4 Å². The lowest BCUT2D eigenvalue weighted by Crippen LogP contribution is -2.39. The van der Waals surface area contributed by atoms with Gasteiger partial charge in [-0.15, -0.1) is 11.3 Å². The number of hydrogen-bond donors (Lipinski definition) is 0. The van der Waals surface area contributed by atoms with Crippen LogP contribution in [0.3, 0.4) is 0 Å². The Morgan fingerprint density at radius 3 is 2.55 bits per heavy atom. The number of aryl methyl sites for hydroxylation is 1. The van der Waals surface area contributed by atoms with Crippen molar-refractivity contribution in [3.8, 4) is 22.3 Å². The van der Waals surface area contributed by atoms with Crippen molar-refractivity contribution >= 4 is 17.3 Å². The molecule has 0 N–H and O–H groups in total. The van der Waals surface area contributed by atoms with E-state index in [2.05, 4.69) is 4.98 Å². The molecule has 7 heteroatoms. The molecule has 2 aromatic heterocycles. The highest BCUT2D eigenvalue weighted by Gasteiger charge is 2.31. The van der Waals surface area contributed by atoms with E-state index >= 15 is 0 Å². The second-order valence-electron chi connectivity index (χ2n) is 6.90. The molecule has 3 aromatic rings. The number of carbonyl (C=O) groups is 1. The summed E-state index contributed by atoms with van der Waals surface area (Å²) in [5, 5.41) is 2.00. The summed E-state index contributed by atoms with van der Waals surface area (Å²) in [4.78, 5) is 17.5. The van der Waals surface area contributed by atoms with Gasteiger partial charge in [0.25, 0.3) is 0 Å². The number of oxazole rings is 1. The van der Waals surface area contributed by atoms with Crippen LogP contribution in [0.25, 0.3) is 10.8 Å². The number of esters is 1. The highest BCUT2D eigenvalue weighted by Crippen LogP contribution is 2.26. The summed E-state index contributed by atoms with van der Waals surface area (Å²) in [6.45, 7) is 7.84. The molecule has 0 radical (unpaired) electrons.